The van der Waals surface area contributed by atoms with Crippen LogP contribution in [-0.4, -0.2) is 19.2 Å². The molecule has 17 heavy (non-hydrogen) atoms. The molecule has 90 valence electrons. The largest absolute Gasteiger partial charge is 0.452 e. The number of ether oxygens (including phenoxy) is 2. The zero-order valence-corrected chi connectivity index (χ0v) is 9.84. The molecule has 2 atom stereocenters. The van der Waals surface area contributed by atoms with Gasteiger partial charge in [-0.15, -0.1) is 0 Å². The maximum Gasteiger partial charge on any atom is 0.330 e. The molecule has 0 saturated heterocycles. The Hall–Kier alpha value is -1.87. The molecule has 3 nitrogen and oxygen atoms in total. The molecule has 0 radical (unpaired) electrons. The summed E-state index contributed by atoms with van der Waals surface area (Å²) in [6.45, 7) is 7.01. The average Bonchev–Trinajstić information content (AvgIpc) is 2.39. The van der Waals surface area contributed by atoms with Crippen LogP contribution in [0, 0.1) is 0 Å². The van der Waals surface area contributed by atoms with Gasteiger partial charge in [0.1, 0.15) is 6.10 Å². The lowest BCUT2D eigenvalue weighted by molar-refractivity contribution is -0.146. The van der Waals surface area contributed by atoms with Crippen LogP contribution in [0.1, 0.15) is 11.7 Å². The number of hydrogen-bond donors (Lipinski definition) is 0. The van der Waals surface area contributed by atoms with E-state index in [1.54, 1.807) is 13.2 Å². The quantitative estimate of drug-likeness (QED) is 0.429. The van der Waals surface area contributed by atoms with E-state index in [4.69, 9.17) is 9.47 Å². The minimum absolute atomic E-state index is 0.363. The summed E-state index contributed by atoms with van der Waals surface area (Å²) in [5.74, 6) is -0.493. The Morgan fingerprint density at radius 2 is 1.94 bits per heavy atom. The maximum absolute atomic E-state index is 11.2. The Morgan fingerprint density at radius 3 is 2.41 bits per heavy atom. The van der Waals surface area contributed by atoms with Gasteiger partial charge in [0, 0.05) is 13.2 Å². The highest BCUT2D eigenvalue weighted by atomic mass is 16.6. The second kappa shape index (κ2) is 6.66. The third-order valence-electron chi connectivity index (χ3n) is 2.33. The summed E-state index contributed by atoms with van der Waals surface area (Å²) in [6, 6.07) is 9.53. The zero-order valence-electron chi connectivity index (χ0n) is 9.84. The smallest absolute Gasteiger partial charge is 0.330 e. The van der Waals surface area contributed by atoms with E-state index in [0.717, 1.165) is 11.6 Å². The second-order valence-corrected chi connectivity index (χ2v) is 3.41. The van der Waals surface area contributed by atoms with Crippen LogP contribution in [0.3, 0.4) is 0 Å². The molecule has 0 aliphatic heterocycles. The molecule has 0 aliphatic carbocycles. The Kier molecular flexibility index (Phi) is 5.17. The molecule has 0 saturated carbocycles. The summed E-state index contributed by atoms with van der Waals surface area (Å²) in [4.78, 5) is 11.2. The highest BCUT2D eigenvalue weighted by Crippen LogP contribution is 2.23. The first kappa shape index (κ1) is 13.2. The maximum atomic E-state index is 11.2. The van der Waals surface area contributed by atoms with E-state index < -0.39 is 12.1 Å². The number of benzene rings is 1. The van der Waals surface area contributed by atoms with Crippen LogP contribution in [0.4, 0.5) is 0 Å². The molecule has 1 rings (SSSR count). The first-order chi connectivity index (χ1) is 8.22. The lowest BCUT2D eigenvalue weighted by atomic mass is 10.0. The highest BCUT2D eigenvalue weighted by Gasteiger charge is 2.23. The number of esters is 1. The molecule has 0 heterocycles. The molecule has 1 aromatic carbocycles. The van der Waals surface area contributed by atoms with Crippen molar-refractivity contribution in [3.8, 4) is 0 Å². The third-order valence-corrected chi connectivity index (χ3v) is 2.33. The molecule has 0 spiro atoms. The summed E-state index contributed by atoms with van der Waals surface area (Å²) in [5, 5.41) is 0. The fourth-order valence-electron chi connectivity index (χ4n) is 1.52. The molecule has 2 unspecified atom stereocenters. The number of rotatable bonds is 6. The Morgan fingerprint density at radius 1 is 1.29 bits per heavy atom. The van der Waals surface area contributed by atoms with E-state index in [9.17, 15) is 4.79 Å². The van der Waals surface area contributed by atoms with Crippen LogP contribution >= 0.6 is 0 Å². The van der Waals surface area contributed by atoms with E-state index >= 15 is 0 Å². The molecule has 0 aromatic heterocycles. The summed E-state index contributed by atoms with van der Waals surface area (Å²) < 4.78 is 10.5. The average molecular weight is 232 g/mol. The van der Waals surface area contributed by atoms with Crippen LogP contribution in [0.2, 0.25) is 0 Å². The minimum Gasteiger partial charge on any atom is -0.452 e. The van der Waals surface area contributed by atoms with E-state index in [2.05, 4.69) is 13.2 Å². The van der Waals surface area contributed by atoms with Gasteiger partial charge in [0.15, 0.2) is 6.10 Å². The lowest BCUT2D eigenvalue weighted by Gasteiger charge is -2.23. The van der Waals surface area contributed by atoms with Gasteiger partial charge in [-0.05, 0) is 11.6 Å². The number of carbonyl (C=O) groups is 1. The fraction of sp³-hybridized carbons (Fsp3) is 0.214. The highest BCUT2D eigenvalue weighted by molar-refractivity contribution is 5.81. The number of methoxy groups -OCH3 is 1. The predicted octanol–water partition coefficient (Wildman–Crippen LogP) is 2.66. The van der Waals surface area contributed by atoms with Crippen molar-refractivity contribution in [3.05, 3.63) is 61.2 Å². The third kappa shape index (κ3) is 3.57. The van der Waals surface area contributed by atoms with Crippen molar-refractivity contribution in [2.75, 3.05) is 7.11 Å². The van der Waals surface area contributed by atoms with Crippen molar-refractivity contribution in [1.29, 1.82) is 0 Å². The molecule has 0 amide bonds. The van der Waals surface area contributed by atoms with Gasteiger partial charge >= 0.3 is 5.97 Å². The van der Waals surface area contributed by atoms with Crippen LogP contribution < -0.4 is 0 Å². The van der Waals surface area contributed by atoms with Gasteiger partial charge in [-0.3, -0.25) is 0 Å². The lowest BCUT2D eigenvalue weighted by Crippen LogP contribution is -2.24. The molecule has 0 aliphatic rings. The first-order valence-electron chi connectivity index (χ1n) is 5.26. The van der Waals surface area contributed by atoms with Crippen molar-refractivity contribution in [3.63, 3.8) is 0 Å². The minimum atomic E-state index is -0.534. The van der Waals surface area contributed by atoms with Crippen molar-refractivity contribution in [1.82, 2.24) is 0 Å². The van der Waals surface area contributed by atoms with Gasteiger partial charge in [0.25, 0.3) is 0 Å². The Balaban J connectivity index is 2.87. The molecular formula is C14H16O3. The summed E-state index contributed by atoms with van der Waals surface area (Å²) >= 11 is 0. The Bertz CT molecular complexity index is 384. The van der Waals surface area contributed by atoms with Gasteiger partial charge in [0.05, 0.1) is 0 Å². The van der Waals surface area contributed by atoms with Gasteiger partial charge in [-0.1, -0.05) is 43.5 Å². The van der Waals surface area contributed by atoms with Crippen molar-refractivity contribution in [2.24, 2.45) is 0 Å². The molecule has 3 heteroatoms. The van der Waals surface area contributed by atoms with E-state index in [1.807, 2.05) is 30.3 Å². The SMILES string of the molecule is C=CC(=O)OC(C=C)C(OC)c1ccccc1. The van der Waals surface area contributed by atoms with Crippen molar-refractivity contribution >= 4 is 5.97 Å². The van der Waals surface area contributed by atoms with Crippen molar-refractivity contribution in [2.45, 2.75) is 12.2 Å². The van der Waals surface area contributed by atoms with Crippen LogP contribution in [0.15, 0.2) is 55.6 Å². The zero-order chi connectivity index (χ0) is 12.7. The number of hydrogen-bond acceptors (Lipinski definition) is 3. The van der Waals surface area contributed by atoms with Gasteiger partial charge in [-0.25, -0.2) is 4.79 Å². The molecule has 0 fully saturated rings. The topological polar surface area (TPSA) is 35.5 Å². The molecular weight excluding hydrogens is 216 g/mol. The van der Waals surface area contributed by atoms with Gasteiger partial charge in [0.2, 0.25) is 0 Å². The van der Waals surface area contributed by atoms with E-state index in [0.29, 0.717) is 0 Å². The molecule has 0 N–H and O–H groups in total. The number of carbonyl (C=O) groups excluding carboxylic acids is 1. The predicted molar refractivity (Wildman–Crippen MR) is 66.5 cm³/mol. The molecule has 1 aromatic rings. The fourth-order valence-corrected chi connectivity index (χ4v) is 1.52. The van der Waals surface area contributed by atoms with Crippen LogP contribution in [0.5, 0.6) is 0 Å². The standard InChI is InChI=1S/C14H16O3/c1-4-12(17-13(15)5-2)14(16-3)11-9-7-6-8-10-11/h4-10,12,14H,1-2H2,3H3. The Labute approximate surface area is 101 Å². The first-order valence-corrected chi connectivity index (χ1v) is 5.26. The molecule has 0 bridgehead atoms. The van der Waals surface area contributed by atoms with Crippen LogP contribution in [-0.2, 0) is 14.3 Å². The second-order valence-electron chi connectivity index (χ2n) is 3.41. The van der Waals surface area contributed by atoms with Gasteiger partial charge in [-0.2, -0.15) is 0 Å². The monoisotopic (exact) mass is 232 g/mol. The summed E-state index contributed by atoms with van der Waals surface area (Å²) in [5.41, 5.74) is 0.928. The van der Waals surface area contributed by atoms with Gasteiger partial charge < -0.3 is 9.47 Å². The summed E-state index contributed by atoms with van der Waals surface area (Å²) in [6.07, 6.45) is 1.77. The van der Waals surface area contributed by atoms with E-state index in [-0.39, 0.29) is 6.10 Å². The van der Waals surface area contributed by atoms with Crippen LogP contribution in [0.25, 0.3) is 0 Å². The van der Waals surface area contributed by atoms with Crippen molar-refractivity contribution < 1.29 is 14.3 Å². The summed E-state index contributed by atoms with van der Waals surface area (Å²) in [7, 11) is 1.57. The van der Waals surface area contributed by atoms with E-state index in [1.165, 1.54) is 0 Å². The normalized spacial score (nSPS) is 13.5.